The van der Waals surface area contributed by atoms with E-state index < -0.39 is 11.6 Å². The van der Waals surface area contributed by atoms with Crippen LogP contribution in [0.25, 0.3) is 22.6 Å². The third-order valence-electron chi connectivity index (χ3n) is 9.63. The van der Waals surface area contributed by atoms with Crippen LogP contribution in [0, 0.1) is 18.6 Å². The van der Waals surface area contributed by atoms with Gasteiger partial charge in [-0.25, -0.2) is 8.78 Å². The molecule has 0 spiro atoms. The SMILES string of the molecule is CCc1cccc(/C=C(O)\C=C(/C)c2c(F)cc3c(N4CC5CCC(C4)N5)nc(OCCCN4C[C@@H](C)O[C@@H](C)C4)nc3c2F)c1C. The number of aliphatic hydroxyl groups excluding tert-OH is 1. The number of allylic oxidation sites excluding steroid dienone is 2. The molecule has 2 bridgehead atoms. The van der Waals surface area contributed by atoms with Crippen LogP contribution in [-0.2, 0) is 11.2 Å². The van der Waals surface area contributed by atoms with Crippen LogP contribution in [0.15, 0.2) is 36.1 Å². The highest BCUT2D eigenvalue weighted by molar-refractivity contribution is 5.93. The lowest BCUT2D eigenvalue weighted by Crippen LogP contribution is -2.51. The summed E-state index contributed by atoms with van der Waals surface area (Å²) in [4.78, 5) is 13.7. The Morgan fingerprint density at radius 1 is 1.11 bits per heavy atom. The molecule has 0 aliphatic carbocycles. The van der Waals surface area contributed by atoms with Gasteiger partial charge in [0.1, 0.15) is 22.9 Å². The van der Waals surface area contributed by atoms with Gasteiger partial charge in [-0.3, -0.25) is 4.90 Å². The predicted molar refractivity (Wildman–Crippen MR) is 183 cm³/mol. The van der Waals surface area contributed by atoms with Gasteiger partial charge in [0.2, 0.25) is 0 Å². The lowest BCUT2D eigenvalue weighted by Gasteiger charge is -2.35. The van der Waals surface area contributed by atoms with Gasteiger partial charge in [-0.2, -0.15) is 9.97 Å². The molecule has 3 aliphatic rings. The minimum Gasteiger partial charge on any atom is -0.508 e. The zero-order valence-electron chi connectivity index (χ0n) is 28.2. The van der Waals surface area contributed by atoms with Gasteiger partial charge in [0.15, 0.2) is 5.82 Å². The van der Waals surface area contributed by atoms with Gasteiger partial charge >= 0.3 is 6.01 Å². The molecule has 3 saturated heterocycles. The summed E-state index contributed by atoms with van der Waals surface area (Å²) in [6.07, 6.45) is 7.12. The third kappa shape index (κ3) is 7.45. The Hall–Kier alpha value is -3.60. The van der Waals surface area contributed by atoms with E-state index in [-0.39, 0.29) is 40.6 Å². The predicted octanol–water partition coefficient (Wildman–Crippen LogP) is 6.60. The van der Waals surface area contributed by atoms with E-state index in [1.165, 1.54) is 17.7 Å². The Labute approximate surface area is 276 Å². The molecule has 0 radical (unpaired) electrons. The highest BCUT2D eigenvalue weighted by Gasteiger charge is 2.34. The van der Waals surface area contributed by atoms with Crippen LogP contribution >= 0.6 is 0 Å². The van der Waals surface area contributed by atoms with Crippen molar-refractivity contribution in [2.24, 2.45) is 0 Å². The first kappa shape index (κ1) is 33.3. The van der Waals surface area contributed by atoms with Crippen LogP contribution in [0.2, 0.25) is 0 Å². The zero-order chi connectivity index (χ0) is 33.2. The van der Waals surface area contributed by atoms with E-state index in [2.05, 4.69) is 46.9 Å². The van der Waals surface area contributed by atoms with E-state index in [0.717, 1.165) is 56.4 Å². The monoisotopic (exact) mass is 647 g/mol. The molecule has 47 heavy (non-hydrogen) atoms. The molecule has 4 atom stereocenters. The van der Waals surface area contributed by atoms with Crippen molar-refractivity contribution in [3.05, 3.63) is 70.0 Å². The van der Waals surface area contributed by atoms with Crippen LogP contribution in [0.1, 0.15) is 69.2 Å². The zero-order valence-corrected chi connectivity index (χ0v) is 28.2. The maximum atomic E-state index is 16.4. The molecule has 6 rings (SSSR count). The molecule has 3 aromatic rings. The highest BCUT2D eigenvalue weighted by Crippen LogP contribution is 2.36. The van der Waals surface area contributed by atoms with Crippen molar-refractivity contribution in [1.29, 1.82) is 0 Å². The summed E-state index contributed by atoms with van der Waals surface area (Å²) in [7, 11) is 0. The van der Waals surface area contributed by atoms with Gasteiger partial charge in [0.05, 0.1) is 24.4 Å². The van der Waals surface area contributed by atoms with E-state index in [1.54, 1.807) is 13.0 Å². The summed E-state index contributed by atoms with van der Waals surface area (Å²) in [5, 5.41) is 14.8. The summed E-state index contributed by atoms with van der Waals surface area (Å²) < 4.78 is 44.2. The van der Waals surface area contributed by atoms with Crippen molar-refractivity contribution in [3.63, 3.8) is 0 Å². The standard InChI is InChI=1S/C37H47F2N5O3/c1-6-26-9-7-10-27(25(26)5)16-30(45)15-22(2)33-32(38)17-31-35(34(33)39)41-37(42-36(31)44-20-28-11-12-29(21-44)40-28)46-14-8-13-43-18-23(3)47-24(4)19-43/h7,9-10,15-17,23-24,28-29,40,45H,6,8,11-14,18-21H2,1-5H3/b22-15+,30-16+/t23-,24+,28?,29?. The normalized spacial score (nSPS) is 23.9. The molecule has 2 N–H and O–H groups in total. The molecule has 1 aromatic heterocycles. The number of aromatic nitrogens is 2. The second-order valence-electron chi connectivity index (χ2n) is 13.4. The van der Waals surface area contributed by atoms with Crippen LogP contribution in [0.3, 0.4) is 0 Å². The number of ether oxygens (including phenoxy) is 2. The quantitative estimate of drug-likeness (QED) is 0.145. The maximum Gasteiger partial charge on any atom is 0.319 e. The second kappa shape index (κ2) is 14.3. The number of aryl methyl sites for hydroxylation is 1. The first-order valence-electron chi connectivity index (χ1n) is 17.0. The average Bonchev–Trinajstić information content (AvgIpc) is 3.36. The third-order valence-corrected chi connectivity index (χ3v) is 9.63. The molecule has 0 saturated carbocycles. The number of anilines is 1. The summed E-state index contributed by atoms with van der Waals surface area (Å²) in [6, 6.07) is 7.91. The summed E-state index contributed by atoms with van der Waals surface area (Å²) in [6.45, 7) is 14.2. The van der Waals surface area contributed by atoms with Gasteiger partial charge in [0, 0.05) is 50.2 Å². The van der Waals surface area contributed by atoms with Crippen LogP contribution in [0.5, 0.6) is 6.01 Å². The fourth-order valence-electron chi connectivity index (χ4n) is 7.45. The molecule has 0 amide bonds. The molecular weight excluding hydrogens is 600 g/mol. The number of hydrogen-bond acceptors (Lipinski definition) is 8. The number of halogens is 2. The van der Waals surface area contributed by atoms with Crippen molar-refractivity contribution in [2.45, 2.75) is 84.6 Å². The van der Waals surface area contributed by atoms with Crippen LogP contribution < -0.4 is 15.0 Å². The largest absolute Gasteiger partial charge is 0.508 e. The summed E-state index contributed by atoms with van der Waals surface area (Å²) in [5.41, 5.74) is 3.11. The Balaban J connectivity index is 1.31. The average molecular weight is 648 g/mol. The van der Waals surface area contributed by atoms with E-state index in [1.807, 2.05) is 19.1 Å². The molecule has 4 heterocycles. The Morgan fingerprint density at radius 3 is 2.53 bits per heavy atom. The number of piperazine rings is 1. The van der Waals surface area contributed by atoms with E-state index in [9.17, 15) is 5.11 Å². The van der Waals surface area contributed by atoms with Crippen LogP contribution in [-0.4, -0.2) is 83.6 Å². The lowest BCUT2D eigenvalue weighted by atomic mass is 9.99. The number of nitrogens with one attached hydrogen (secondary N) is 1. The van der Waals surface area contributed by atoms with Crippen molar-refractivity contribution in [2.75, 3.05) is 44.2 Å². The Morgan fingerprint density at radius 2 is 1.83 bits per heavy atom. The van der Waals surface area contributed by atoms with E-state index in [4.69, 9.17) is 14.5 Å². The molecule has 3 aliphatic heterocycles. The number of aliphatic hydroxyl groups is 1. The molecule has 2 unspecified atom stereocenters. The fourth-order valence-corrected chi connectivity index (χ4v) is 7.45. The van der Waals surface area contributed by atoms with Crippen LogP contribution in [0.4, 0.5) is 14.6 Å². The summed E-state index contributed by atoms with van der Waals surface area (Å²) in [5.74, 6) is -1.13. The number of nitrogens with zero attached hydrogens (tertiary/aromatic N) is 4. The van der Waals surface area contributed by atoms with Gasteiger partial charge in [-0.05, 0) is 93.9 Å². The number of fused-ring (bicyclic) bond motifs is 3. The molecule has 2 aromatic carbocycles. The van der Waals surface area contributed by atoms with Gasteiger partial charge < -0.3 is 24.8 Å². The van der Waals surface area contributed by atoms with E-state index in [0.29, 0.717) is 43.0 Å². The smallest absolute Gasteiger partial charge is 0.319 e. The van der Waals surface area contributed by atoms with Gasteiger partial charge in [-0.15, -0.1) is 0 Å². The number of morpholine rings is 1. The van der Waals surface area contributed by atoms with E-state index >= 15 is 8.78 Å². The van der Waals surface area contributed by atoms with Crippen molar-refractivity contribution < 1.29 is 23.4 Å². The second-order valence-corrected chi connectivity index (χ2v) is 13.4. The Kier molecular flexibility index (Phi) is 10.1. The summed E-state index contributed by atoms with van der Waals surface area (Å²) >= 11 is 0. The minimum atomic E-state index is -0.798. The molecule has 252 valence electrons. The van der Waals surface area contributed by atoms with Crippen molar-refractivity contribution in [1.82, 2.24) is 20.2 Å². The topological polar surface area (TPSA) is 83.0 Å². The Bertz CT molecular complexity index is 1660. The lowest BCUT2D eigenvalue weighted by molar-refractivity contribution is -0.0686. The first-order valence-corrected chi connectivity index (χ1v) is 17.0. The molecule has 10 heteroatoms. The molecular formula is C37H47F2N5O3. The number of hydrogen-bond donors (Lipinski definition) is 2. The molecule has 8 nitrogen and oxygen atoms in total. The molecule has 3 fully saturated rings. The fraction of sp³-hybridized carbons (Fsp3) is 0.514. The minimum absolute atomic E-state index is 0.00539. The first-order chi connectivity index (χ1) is 22.6. The van der Waals surface area contributed by atoms with Gasteiger partial charge in [-0.1, -0.05) is 25.1 Å². The van der Waals surface area contributed by atoms with Gasteiger partial charge in [0.25, 0.3) is 0 Å². The highest BCUT2D eigenvalue weighted by atomic mass is 19.1. The van der Waals surface area contributed by atoms with Crippen molar-refractivity contribution in [3.8, 4) is 6.01 Å². The maximum absolute atomic E-state index is 16.4. The number of rotatable bonds is 10. The van der Waals surface area contributed by atoms with Crippen molar-refractivity contribution >= 4 is 28.4 Å². The number of benzene rings is 2.